The van der Waals surface area contributed by atoms with Crippen LogP contribution in [0.4, 0.5) is 0 Å². The molecule has 0 radical (unpaired) electrons. The molecule has 0 rings (SSSR count). The number of allylic oxidation sites excluding steroid dienone is 2. The summed E-state index contributed by atoms with van der Waals surface area (Å²) in [6, 6.07) is 0. The first kappa shape index (κ1) is 15.4. The van der Waals surface area contributed by atoms with Crippen LogP contribution in [0.25, 0.3) is 0 Å². The van der Waals surface area contributed by atoms with Crippen molar-refractivity contribution >= 4 is 62.3 Å². The first-order valence-corrected chi connectivity index (χ1v) is 6.25. The number of carbonyl (C=O) groups excluding carboxylic acids is 2. The van der Waals surface area contributed by atoms with Gasteiger partial charge in [0, 0.05) is 17.6 Å². The summed E-state index contributed by atoms with van der Waals surface area (Å²) < 4.78 is -1.81. The lowest BCUT2D eigenvalue weighted by atomic mass is 10.1. The number of alkyl halides is 4. The quantitative estimate of drug-likeness (QED) is 0.439. The average molecular weight is 336 g/mol. The van der Waals surface area contributed by atoms with Gasteiger partial charge in [0.05, 0.1) is 0 Å². The van der Waals surface area contributed by atoms with Gasteiger partial charge in [-0.05, 0) is 13.0 Å². The van der Waals surface area contributed by atoms with Crippen molar-refractivity contribution in [1.29, 1.82) is 0 Å². The molecule has 0 saturated heterocycles. The number of halogens is 4. The highest BCUT2D eigenvalue weighted by atomic mass is 79.9. The molecule has 86 valence electrons. The molecule has 0 saturated carbocycles. The Labute approximate surface area is 112 Å². The third-order valence-electron chi connectivity index (χ3n) is 1.66. The summed E-state index contributed by atoms with van der Waals surface area (Å²) in [5, 5.41) is 0. The molecule has 0 heterocycles. The third kappa shape index (κ3) is 4.85. The summed E-state index contributed by atoms with van der Waals surface area (Å²) in [6.45, 7) is 2.84. The standard InChI is InChI=1S/C9H10BrCl3O2/c1-5(7(10)4-11)3-9(12,13)8(15)6(2)14/h3,7H,4H2,1-2H3. The Balaban J connectivity index is 4.90. The number of rotatable bonds is 5. The van der Waals surface area contributed by atoms with Crippen molar-refractivity contribution in [2.75, 3.05) is 5.88 Å². The molecule has 0 aliphatic carbocycles. The Morgan fingerprint density at radius 1 is 1.40 bits per heavy atom. The van der Waals surface area contributed by atoms with Crippen molar-refractivity contribution < 1.29 is 9.59 Å². The van der Waals surface area contributed by atoms with Gasteiger partial charge in [-0.2, -0.15) is 0 Å². The van der Waals surface area contributed by atoms with Crippen LogP contribution in [0.15, 0.2) is 11.6 Å². The van der Waals surface area contributed by atoms with Crippen molar-refractivity contribution in [3.05, 3.63) is 11.6 Å². The van der Waals surface area contributed by atoms with Gasteiger partial charge < -0.3 is 0 Å². The molecule has 0 aromatic rings. The number of carbonyl (C=O) groups is 2. The van der Waals surface area contributed by atoms with Gasteiger partial charge in [-0.3, -0.25) is 9.59 Å². The lowest BCUT2D eigenvalue weighted by Crippen LogP contribution is -2.30. The van der Waals surface area contributed by atoms with E-state index >= 15 is 0 Å². The van der Waals surface area contributed by atoms with Crippen LogP contribution >= 0.6 is 50.7 Å². The predicted molar refractivity (Wildman–Crippen MR) is 67.3 cm³/mol. The second kappa shape index (κ2) is 6.24. The van der Waals surface area contributed by atoms with Gasteiger partial charge in [0.1, 0.15) is 0 Å². The molecule has 15 heavy (non-hydrogen) atoms. The highest BCUT2D eigenvalue weighted by Crippen LogP contribution is 2.28. The van der Waals surface area contributed by atoms with E-state index in [-0.39, 0.29) is 4.83 Å². The van der Waals surface area contributed by atoms with Crippen LogP contribution in [0, 0.1) is 0 Å². The molecular formula is C9H10BrCl3O2. The van der Waals surface area contributed by atoms with E-state index in [1.807, 2.05) is 0 Å². The normalized spacial score (nSPS) is 14.9. The predicted octanol–water partition coefficient (Wildman–Crippen LogP) is 3.27. The summed E-state index contributed by atoms with van der Waals surface area (Å²) in [5.74, 6) is -1.21. The van der Waals surface area contributed by atoms with Crippen LogP contribution in [0.1, 0.15) is 13.8 Å². The largest absolute Gasteiger partial charge is 0.291 e. The van der Waals surface area contributed by atoms with Gasteiger partial charge in [-0.1, -0.05) is 44.7 Å². The van der Waals surface area contributed by atoms with Crippen molar-refractivity contribution in [3.63, 3.8) is 0 Å². The maximum absolute atomic E-state index is 11.3. The topological polar surface area (TPSA) is 34.1 Å². The fourth-order valence-corrected chi connectivity index (χ4v) is 1.78. The van der Waals surface area contributed by atoms with E-state index in [1.165, 1.54) is 6.08 Å². The van der Waals surface area contributed by atoms with E-state index in [9.17, 15) is 9.59 Å². The minimum Gasteiger partial charge on any atom is -0.291 e. The second-order valence-corrected chi connectivity index (χ2v) is 5.82. The van der Waals surface area contributed by atoms with Crippen LogP contribution in [-0.4, -0.2) is 26.6 Å². The van der Waals surface area contributed by atoms with E-state index in [4.69, 9.17) is 34.8 Å². The fourth-order valence-electron chi connectivity index (χ4n) is 0.798. The Hall–Kier alpha value is 0.430. The number of hydrogen-bond acceptors (Lipinski definition) is 2. The highest BCUT2D eigenvalue weighted by molar-refractivity contribution is 9.09. The maximum atomic E-state index is 11.3. The molecule has 0 bridgehead atoms. The van der Waals surface area contributed by atoms with Crippen LogP contribution in [-0.2, 0) is 9.59 Å². The summed E-state index contributed by atoms with van der Waals surface area (Å²) in [7, 11) is 0. The molecular weight excluding hydrogens is 326 g/mol. The molecule has 6 heteroatoms. The van der Waals surface area contributed by atoms with E-state index < -0.39 is 15.9 Å². The van der Waals surface area contributed by atoms with Gasteiger partial charge in [-0.25, -0.2) is 0 Å². The summed E-state index contributed by atoms with van der Waals surface area (Å²) in [5.41, 5.74) is 0.699. The first-order valence-electron chi connectivity index (χ1n) is 4.05. The Kier molecular flexibility index (Phi) is 6.41. The van der Waals surface area contributed by atoms with Crippen LogP contribution in [0.3, 0.4) is 0 Å². The van der Waals surface area contributed by atoms with Crippen LogP contribution in [0.2, 0.25) is 0 Å². The third-order valence-corrected chi connectivity index (χ3v) is 3.95. The first-order chi connectivity index (χ1) is 6.72. The Morgan fingerprint density at radius 3 is 2.20 bits per heavy atom. The summed E-state index contributed by atoms with van der Waals surface area (Å²) in [4.78, 5) is 22.0. The zero-order chi connectivity index (χ0) is 12.2. The van der Waals surface area contributed by atoms with E-state index in [1.54, 1.807) is 6.92 Å². The summed E-state index contributed by atoms with van der Waals surface area (Å²) >= 11 is 20.3. The van der Waals surface area contributed by atoms with Gasteiger partial charge >= 0.3 is 0 Å². The van der Waals surface area contributed by atoms with Gasteiger partial charge in [0.15, 0.2) is 5.78 Å². The smallest absolute Gasteiger partial charge is 0.237 e. The monoisotopic (exact) mass is 334 g/mol. The van der Waals surface area contributed by atoms with Crippen molar-refractivity contribution in [3.8, 4) is 0 Å². The number of Topliss-reactive ketones (excluding diaryl/α,β-unsaturated/α-hetero) is 2. The zero-order valence-corrected chi connectivity index (χ0v) is 12.0. The zero-order valence-electron chi connectivity index (χ0n) is 8.19. The molecule has 0 aliphatic rings. The highest BCUT2D eigenvalue weighted by Gasteiger charge is 2.34. The van der Waals surface area contributed by atoms with E-state index in [0.717, 1.165) is 6.92 Å². The van der Waals surface area contributed by atoms with Crippen LogP contribution in [0.5, 0.6) is 0 Å². The molecule has 2 nitrogen and oxygen atoms in total. The molecule has 0 N–H and O–H groups in total. The minimum absolute atomic E-state index is 0.129. The molecule has 1 atom stereocenters. The molecule has 0 fully saturated rings. The lowest BCUT2D eigenvalue weighted by Gasteiger charge is -2.15. The molecule has 0 aliphatic heterocycles. The molecule has 0 amide bonds. The van der Waals surface area contributed by atoms with E-state index in [0.29, 0.717) is 11.5 Å². The fraction of sp³-hybridized carbons (Fsp3) is 0.556. The second-order valence-electron chi connectivity index (χ2n) is 3.02. The number of ketones is 2. The van der Waals surface area contributed by atoms with Gasteiger partial charge in [0.25, 0.3) is 0 Å². The maximum Gasteiger partial charge on any atom is 0.237 e. The number of hydrogen-bond donors (Lipinski definition) is 0. The minimum atomic E-state index is -1.81. The molecule has 0 aromatic heterocycles. The van der Waals surface area contributed by atoms with Gasteiger partial charge in [0.2, 0.25) is 10.1 Å². The average Bonchev–Trinajstić information content (AvgIpc) is 2.14. The van der Waals surface area contributed by atoms with E-state index in [2.05, 4.69) is 15.9 Å². The van der Waals surface area contributed by atoms with Crippen molar-refractivity contribution in [2.45, 2.75) is 23.0 Å². The lowest BCUT2D eigenvalue weighted by molar-refractivity contribution is -0.135. The molecule has 0 spiro atoms. The van der Waals surface area contributed by atoms with Crippen molar-refractivity contribution in [2.24, 2.45) is 0 Å². The summed E-state index contributed by atoms with van der Waals surface area (Å²) in [6.07, 6.45) is 1.32. The Bertz CT molecular complexity index is 300. The SMILES string of the molecule is CC(=O)C(=O)C(Cl)(Cl)C=C(C)C(Br)CCl. The Morgan fingerprint density at radius 2 is 1.87 bits per heavy atom. The molecule has 0 aromatic carbocycles. The van der Waals surface area contributed by atoms with Crippen molar-refractivity contribution in [1.82, 2.24) is 0 Å². The van der Waals surface area contributed by atoms with Crippen LogP contribution < -0.4 is 0 Å². The van der Waals surface area contributed by atoms with Gasteiger partial charge in [-0.15, -0.1) is 11.6 Å². The molecule has 1 unspecified atom stereocenters.